The average Bonchev–Trinajstić information content (AvgIpc) is 2.39. The van der Waals surface area contributed by atoms with Crippen LogP contribution >= 0.6 is 11.6 Å². The number of nitro groups is 1. The van der Waals surface area contributed by atoms with E-state index in [0.29, 0.717) is 17.0 Å². The van der Waals surface area contributed by atoms with Gasteiger partial charge in [-0.2, -0.15) is 0 Å². The van der Waals surface area contributed by atoms with Gasteiger partial charge in [-0.15, -0.1) is 0 Å². The molecule has 0 saturated heterocycles. The minimum absolute atomic E-state index is 0.103. The van der Waals surface area contributed by atoms with Crippen LogP contribution in [0.3, 0.4) is 0 Å². The number of pyridine rings is 1. The van der Waals surface area contributed by atoms with E-state index < -0.39 is 4.92 Å². The van der Waals surface area contributed by atoms with E-state index in [1.165, 1.54) is 12.1 Å². The fourth-order valence-electron chi connectivity index (χ4n) is 1.51. The molecule has 0 amide bonds. The van der Waals surface area contributed by atoms with E-state index >= 15 is 0 Å². The number of hydrogen-bond donors (Lipinski definition) is 0. The molecule has 1 heterocycles. The van der Waals surface area contributed by atoms with Crippen LogP contribution in [-0.4, -0.2) is 17.0 Å². The molecule has 1 aromatic heterocycles. The lowest BCUT2D eigenvalue weighted by atomic mass is 10.1. The second-order valence-corrected chi connectivity index (χ2v) is 3.91. The maximum atomic E-state index is 10.8. The van der Waals surface area contributed by atoms with Gasteiger partial charge in [-0.05, 0) is 12.1 Å². The van der Waals surface area contributed by atoms with Crippen LogP contribution in [0.1, 0.15) is 0 Å². The average molecular weight is 265 g/mol. The summed E-state index contributed by atoms with van der Waals surface area (Å²) in [7, 11) is 1.55. The number of ether oxygens (including phenoxy) is 1. The largest absolute Gasteiger partial charge is 0.497 e. The molecular weight excluding hydrogens is 256 g/mol. The van der Waals surface area contributed by atoms with Gasteiger partial charge >= 0.3 is 0 Å². The number of nitrogens with zero attached hydrogens (tertiary/aromatic N) is 2. The van der Waals surface area contributed by atoms with Crippen LogP contribution < -0.4 is 4.74 Å². The lowest BCUT2D eigenvalue weighted by Gasteiger charge is -2.04. The zero-order valence-corrected chi connectivity index (χ0v) is 10.2. The van der Waals surface area contributed by atoms with E-state index in [1.54, 1.807) is 31.5 Å². The molecule has 0 N–H and O–H groups in total. The molecule has 92 valence electrons. The van der Waals surface area contributed by atoms with Gasteiger partial charge in [0, 0.05) is 23.9 Å². The number of methoxy groups -OCH3 is 1. The number of rotatable bonds is 3. The normalized spacial score (nSPS) is 10.1. The summed E-state index contributed by atoms with van der Waals surface area (Å²) >= 11 is 5.75. The highest BCUT2D eigenvalue weighted by atomic mass is 35.5. The number of hydrogen-bond acceptors (Lipinski definition) is 4. The first-order chi connectivity index (χ1) is 8.61. The third-order valence-corrected chi connectivity index (χ3v) is 2.73. The molecule has 0 aliphatic rings. The maximum Gasteiger partial charge on any atom is 0.288 e. The molecule has 5 nitrogen and oxygen atoms in total. The predicted octanol–water partition coefficient (Wildman–Crippen LogP) is 3.32. The SMILES string of the molecule is COc1ccnc(-c2ccc(Cl)c([N+](=O)[O-])c2)c1. The minimum Gasteiger partial charge on any atom is -0.497 e. The van der Waals surface area contributed by atoms with Gasteiger partial charge in [0.25, 0.3) is 5.69 Å². The topological polar surface area (TPSA) is 65.3 Å². The quantitative estimate of drug-likeness (QED) is 0.630. The van der Waals surface area contributed by atoms with Gasteiger partial charge < -0.3 is 4.74 Å². The van der Waals surface area contributed by atoms with Gasteiger partial charge in [0.15, 0.2) is 0 Å². The molecule has 0 spiro atoms. The van der Waals surface area contributed by atoms with Gasteiger partial charge in [-0.25, -0.2) is 0 Å². The predicted molar refractivity (Wildman–Crippen MR) is 67.9 cm³/mol. The van der Waals surface area contributed by atoms with Gasteiger partial charge in [0.2, 0.25) is 0 Å². The van der Waals surface area contributed by atoms with Gasteiger partial charge in [-0.1, -0.05) is 17.7 Å². The first-order valence-electron chi connectivity index (χ1n) is 5.06. The lowest BCUT2D eigenvalue weighted by molar-refractivity contribution is -0.384. The Morgan fingerprint density at radius 2 is 2.11 bits per heavy atom. The van der Waals surface area contributed by atoms with E-state index in [1.807, 2.05) is 0 Å². The Bertz CT molecular complexity index is 602. The number of nitro benzene ring substituents is 1. The van der Waals surface area contributed by atoms with Crippen molar-refractivity contribution in [2.45, 2.75) is 0 Å². The Labute approximate surface area is 108 Å². The summed E-state index contributed by atoms with van der Waals surface area (Å²) in [4.78, 5) is 14.4. The monoisotopic (exact) mass is 264 g/mol. The van der Waals surface area contributed by atoms with Crippen molar-refractivity contribution >= 4 is 17.3 Å². The van der Waals surface area contributed by atoms with Crippen molar-refractivity contribution in [1.82, 2.24) is 4.98 Å². The van der Waals surface area contributed by atoms with Crippen molar-refractivity contribution in [2.75, 3.05) is 7.11 Å². The molecule has 1 aromatic carbocycles. The van der Waals surface area contributed by atoms with Crippen molar-refractivity contribution in [3.63, 3.8) is 0 Å². The molecule has 2 aromatic rings. The fraction of sp³-hybridized carbons (Fsp3) is 0.0833. The van der Waals surface area contributed by atoms with Crippen molar-refractivity contribution < 1.29 is 9.66 Å². The van der Waals surface area contributed by atoms with E-state index in [9.17, 15) is 10.1 Å². The van der Waals surface area contributed by atoms with Crippen molar-refractivity contribution in [1.29, 1.82) is 0 Å². The highest BCUT2D eigenvalue weighted by Gasteiger charge is 2.14. The fourth-order valence-corrected chi connectivity index (χ4v) is 1.69. The summed E-state index contributed by atoms with van der Waals surface area (Å²) in [6.07, 6.45) is 1.58. The summed E-state index contributed by atoms with van der Waals surface area (Å²) in [5, 5.41) is 10.9. The second-order valence-electron chi connectivity index (χ2n) is 3.50. The van der Waals surface area contributed by atoms with Crippen LogP contribution in [0.25, 0.3) is 11.3 Å². The number of aromatic nitrogens is 1. The molecule has 0 atom stereocenters. The van der Waals surface area contributed by atoms with Crippen molar-refractivity contribution in [2.24, 2.45) is 0 Å². The minimum atomic E-state index is -0.522. The molecular formula is C12H9ClN2O3. The van der Waals surface area contributed by atoms with Gasteiger partial charge in [0.05, 0.1) is 17.7 Å². The second kappa shape index (κ2) is 5.01. The Kier molecular flexibility index (Phi) is 3.43. The molecule has 0 bridgehead atoms. The third-order valence-electron chi connectivity index (χ3n) is 2.41. The van der Waals surface area contributed by atoms with Gasteiger partial charge in [-0.3, -0.25) is 15.1 Å². The van der Waals surface area contributed by atoms with Crippen LogP contribution in [-0.2, 0) is 0 Å². The van der Waals surface area contributed by atoms with E-state index in [0.717, 1.165) is 0 Å². The van der Waals surface area contributed by atoms with Crippen LogP contribution in [0.2, 0.25) is 5.02 Å². The molecule has 0 aliphatic heterocycles. The number of benzene rings is 1. The molecule has 0 saturated carbocycles. The summed E-state index contributed by atoms with van der Waals surface area (Å²) in [5.41, 5.74) is 1.07. The Hall–Kier alpha value is -2.14. The Morgan fingerprint density at radius 3 is 2.78 bits per heavy atom. The molecule has 2 rings (SSSR count). The van der Waals surface area contributed by atoms with Crippen LogP contribution in [0, 0.1) is 10.1 Å². The highest BCUT2D eigenvalue weighted by Crippen LogP contribution is 2.30. The van der Waals surface area contributed by atoms with E-state index in [2.05, 4.69) is 4.98 Å². The van der Waals surface area contributed by atoms with Crippen molar-refractivity contribution in [3.8, 4) is 17.0 Å². The molecule has 18 heavy (non-hydrogen) atoms. The molecule has 0 aliphatic carbocycles. The van der Waals surface area contributed by atoms with Crippen LogP contribution in [0.4, 0.5) is 5.69 Å². The van der Waals surface area contributed by atoms with Gasteiger partial charge in [0.1, 0.15) is 10.8 Å². The van der Waals surface area contributed by atoms with Crippen LogP contribution in [0.15, 0.2) is 36.5 Å². The summed E-state index contributed by atoms with van der Waals surface area (Å²) in [6, 6.07) is 7.96. The Morgan fingerprint density at radius 1 is 1.33 bits per heavy atom. The smallest absolute Gasteiger partial charge is 0.288 e. The molecule has 0 unspecified atom stereocenters. The number of halogens is 1. The summed E-state index contributed by atoms with van der Waals surface area (Å²) in [5.74, 6) is 0.637. The first-order valence-corrected chi connectivity index (χ1v) is 5.44. The van der Waals surface area contributed by atoms with E-state index in [4.69, 9.17) is 16.3 Å². The zero-order valence-electron chi connectivity index (χ0n) is 9.46. The third kappa shape index (κ3) is 2.41. The zero-order chi connectivity index (χ0) is 13.1. The standard InChI is InChI=1S/C12H9ClN2O3/c1-18-9-4-5-14-11(7-9)8-2-3-10(13)12(6-8)15(16)17/h2-7H,1H3. The van der Waals surface area contributed by atoms with E-state index in [-0.39, 0.29) is 10.7 Å². The molecule has 0 fully saturated rings. The highest BCUT2D eigenvalue weighted by molar-refractivity contribution is 6.32. The molecule has 6 heteroatoms. The Balaban J connectivity index is 2.50. The molecule has 0 radical (unpaired) electrons. The summed E-state index contributed by atoms with van der Waals surface area (Å²) < 4.78 is 5.08. The maximum absolute atomic E-state index is 10.8. The lowest BCUT2D eigenvalue weighted by Crippen LogP contribution is -1.91. The first kappa shape index (κ1) is 12.3. The van der Waals surface area contributed by atoms with Crippen LogP contribution in [0.5, 0.6) is 5.75 Å². The van der Waals surface area contributed by atoms with Crippen molar-refractivity contribution in [3.05, 3.63) is 51.7 Å². The summed E-state index contributed by atoms with van der Waals surface area (Å²) in [6.45, 7) is 0.